The van der Waals surface area contributed by atoms with Crippen LogP contribution in [0.25, 0.3) is 31.6 Å². The van der Waals surface area contributed by atoms with E-state index in [4.69, 9.17) is 0 Å². The Hall–Kier alpha value is -6.56. The zero-order valence-electron chi connectivity index (χ0n) is 28.0. The molecule has 0 N–H and O–H groups in total. The van der Waals surface area contributed by atoms with E-state index in [1.54, 1.807) is 23.7 Å². The van der Waals surface area contributed by atoms with Gasteiger partial charge in [-0.15, -0.1) is 11.3 Å². The first-order valence-electron chi connectivity index (χ1n) is 17.6. The molecule has 1 spiro atoms. The van der Waals surface area contributed by atoms with Gasteiger partial charge in [0.2, 0.25) is 0 Å². The van der Waals surface area contributed by atoms with Gasteiger partial charge in [-0.2, -0.15) is 0 Å². The fourth-order valence-corrected chi connectivity index (χ4v) is 9.77. The molecule has 0 amide bonds. The highest BCUT2D eigenvalue weighted by Gasteiger charge is 2.51. The highest BCUT2D eigenvalue weighted by molar-refractivity contribution is 7.25. The summed E-state index contributed by atoms with van der Waals surface area (Å²) < 4.78 is 1.17. The molecule has 5 heteroatoms. The third-order valence-electron chi connectivity index (χ3n) is 10.8. The lowest BCUT2D eigenvalue weighted by Crippen LogP contribution is -2.36. The van der Waals surface area contributed by atoms with Crippen LogP contribution in [0.2, 0.25) is 0 Å². The summed E-state index contributed by atoms with van der Waals surface area (Å²) in [6, 6.07) is 62.2. The summed E-state index contributed by atoms with van der Waals surface area (Å²) in [4.78, 5) is 15.1. The Bertz CT molecular complexity index is 2740. The summed E-state index contributed by atoms with van der Waals surface area (Å²) in [7, 11) is 0. The maximum absolute atomic E-state index is 4.68. The van der Waals surface area contributed by atoms with E-state index in [1.807, 2.05) is 0 Å². The smallest absolute Gasteiger partial charge is 0.143 e. The highest BCUT2D eigenvalue weighted by atomic mass is 32.1. The van der Waals surface area contributed by atoms with Gasteiger partial charge < -0.3 is 9.80 Å². The van der Waals surface area contributed by atoms with E-state index >= 15 is 0 Å². The third kappa shape index (κ3) is 4.02. The summed E-state index contributed by atoms with van der Waals surface area (Å²) in [6.07, 6.45) is 3.56. The van der Waals surface area contributed by atoms with Crippen molar-refractivity contribution < 1.29 is 0 Å². The standard InChI is InChI=1S/C47H30N4S/c1-3-13-31(14-4-1)50(32-15-5-2-6-16-32)33-24-26-43-41(29-33)47(38-19-9-7-17-35(38)36-18-8-10-20-39(36)47)40-21-11-12-22-42(40)51(43)34-23-25-37-44(30-34)52-46-45(37)48-27-28-49-46/h1-30H. The second-order valence-electron chi connectivity index (χ2n) is 13.4. The van der Waals surface area contributed by atoms with Gasteiger partial charge in [0.25, 0.3) is 0 Å². The molecule has 4 nitrogen and oxygen atoms in total. The topological polar surface area (TPSA) is 32.3 Å². The van der Waals surface area contributed by atoms with Crippen molar-refractivity contribution in [2.24, 2.45) is 0 Å². The zero-order chi connectivity index (χ0) is 34.2. The molecule has 1 aliphatic heterocycles. The molecule has 244 valence electrons. The number of nitrogens with zero attached hydrogens (tertiary/aromatic N) is 4. The highest BCUT2D eigenvalue weighted by Crippen LogP contribution is 2.64. The summed E-state index contributed by atoms with van der Waals surface area (Å²) in [5, 5.41) is 1.13. The number of thiophene rings is 1. The Morgan fingerprint density at radius 3 is 1.79 bits per heavy atom. The Morgan fingerprint density at radius 1 is 0.481 bits per heavy atom. The molecule has 0 fully saturated rings. The van der Waals surface area contributed by atoms with Gasteiger partial charge in [-0.3, -0.25) is 4.98 Å². The molecular formula is C47H30N4S. The van der Waals surface area contributed by atoms with Crippen LogP contribution in [0, 0.1) is 0 Å². The van der Waals surface area contributed by atoms with Gasteiger partial charge >= 0.3 is 0 Å². The molecule has 1 aliphatic carbocycles. The fraction of sp³-hybridized carbons (Fsp3) is 0.0213. The lowest BCUT2D eigenvalue weighted by Gasteiger charge is -2.45. The first-order chi connectivity index (χ1) is 25.8. The van der Waals surface area contributed by atoms with Gasteiger partial charge in [0, 0.05) is 45.2 Å². The van der Waals surface area contributed by atoms with Crippen LogP contribution in [0.4, 0.5) is 34.1 Å². The molecule has 7 aromatic carbocycles. The molecule has 0 atom stereocenters. The Kier molecular flexibility index (Phi) is 6.30. The monoisotopic (exact) mass is 682 g/mol. The lowest BCUT2D eigenvalue weighted by atomic mass is 9.64. The van der Waals surface area contributed by atoms with Crippen LogP contribution in [0.5, 0.6) is 0 Å². The Labute approximate surface area is 305 Å². The predicted octanol–water partition coefficient (Wildman–Crippen LogP) is 12.5. The number of fused-ring (bicyclic) bond motifs is 12. The molecular weight excluding hydrogens is 653 g/mol. The van der Waals surface area contributed by atoms with E-state index in [-0.39, 0.29) is 0 Å². The van der Waals surface area contributed by atoms with E-state index in [0.717, 1.165) is 44.2 Å². The average molecular weight is 683 g/mol. The van der Waals surface area contributed by atoms with Gasteiger partial charge in [0.1, 0.15) is 10.3 Å². The van der Waals surface area contributed by atoms with E-state index in [2.05, 4.69) is 190 Å². The molecule has 0 bridgehead atoms. The summed E-state index contributed by atoms with van der Waals surface area (Å²) in [5.41, 5.74) is 14.9. The largest absolute Gasteiger partial charge is 0.310 e. The number of hydrogen-bond donors (Lipinski definition) is 0. The van der Waals surface area contributed by atoms with Crippen LogP contribution in [-0.4, -0.2) is 9.97 Å². The summed E-state index contributed by atoms with van der Waals surface area (Å²) in [6.45, 7) is 0. The fourth-order valence-electron chi connectivity index (χ4n) is 8.73. The van der Waals surface area contributed by atoms with Gasteiger partial charge in [0.05, 0.1) is 16.8 Å². The van der Waals surface area contributed by atoms with Gasteiger partial charge in [-0.1, -0.05) is 103 Å². The van der Waals surface area contributed by atoms with Crippen LogP contribution in [0.3, 0.4) is 0 Å². The second-order valence-corrected chi connectivity index (χ2v) is 14.4. The number of anilines is 6. The van der Waals surface area contributed by atoms with Crippen molar-refractivity contribution in [1.29, 1.82) is 0 Å². The number of para-hydroxylation sites is 3. The van der Waals surface area contributed by atoms with Crippen molar-refractivity contribution >= 4 is 65.9 Å². The van der Waals surface area contributed by atoms with Crippen molar-refractivity contribution in [3.05, 3.63) is 205 Å². The number of benzene rings is 7. The van der Waals surface area contributed by atoms with Crippen molar-refractivity contribution in [3.63, 3.8) is 0 Å². The predicted molar refractivity (Wildman–Crippen MR) is 215 cm³/mol. The summed E-state index contributed by atoms with van der Waals surface area (Å²) in [5.74, 6) is 0. The average Bonchev–Trinajstić information content (AvgIpc) is 3.73. The molecule has 3 heterocycles. The van der Waals surface area contributed by atoms with Crippen molar-refractivity contribution in [1.82, 2.24) is 9.97 Å². The van der Waals surface area contributed by atoms with E-state index in [0.29, 0.717) is 0 Å². The molecule has 2 aliphatic rings. The molecule has 0 radical (unpaired) electrons. The van der Waals surface area contributed by atoms with Gasteiger partial charge in [0.15, 0.2) is 0 Å². The molecule has 2 aromatic heterocycles. The maximum Gasteiger partial charge on any atom is 0.143 e. The van der Waals surface area contributed by atoms with Crippen LogP contribution in [-0.2, 0) is 5.41 Å². The molecule has 0 unspecified atom stereocenters. The molecule has 9 aromatic rings. The van der Waals surface area contributed by atoms with Crippen LogP contribution in [0.15, 0.2) is 182 Å². The molecule has 11 rings (SSSR count). The SMILES string of the molecule is c1ccc(N(c2ccccc2)c2ccc3c(c2)C2(c4ccccc4-c4ccccc42)c2ccccc2N3c2ccc3c(c2)sc2nccnc23)cc1. The van der Waals surface area contributed by atoms with E-state index in [1.165, 1.54) is 43.8 Å². The first kappa shape index (κ1) is 29.2. The zero-order valence-corrected chi connectivity index (χ0v) is 28.8. The molecule has 0 saturated heterocycles. The normalized spacial score (nSPS) is 13.5. The number of hydrogen-bond acceptors (Lipinski definition) is 5. The molecule has 0 saturated carbocycles. The van der Waals surface area contributed by atoms with E-state index in [9.17, 15) is 0 Å². The minimum absolute atomic E-state index is 0.541. The van der Waals surface area contributed by atoms with Gasteiger partial charge in [-0.05, 0) is 100 Å². The number of aromatic nitrogens is 2. The second kappa shape index (κ2) is 11.2. The minimum Gasteiger partial charge on any atom is -0.310 e. The Balaban J connectivity index is 1.24. The quantitative estimate of drug-likeness (QED) is 0.185. The molecule has 52 heavy (non-hydrogen) atoms. The van der Waals surface area contributed by atoms with Crippen LogP contribution in [0.1, 0.15) is 22.3 Å². The van der Waals surface area contributed by atoms with Gasteiger partial charge in [-0.25, -0.2) is 4.98 Å². The Morgan fingerprint density at radius 2 is 1.08 bits per heavy atom. The third-order valence-corrected chi connectivity index (χ3v) is 11.8. The summed E-state index contributed by atoms with van der Waals surface area (Å²) >= 11 is 1.70. The van der Waals surface area contributed by atoms with Crippen molar-refractivity contribution in [3.8, 4) is 11.1 Å². The van der Waals surface area contributed by atoms with Crippen LogP contribution < -0.4 is 9.80 Å². The van der Waals surface area contributed by atoms with E-state index < -0.39 is 5.41 Å². The first-order valence-corrected chi connectivity index (χ1v) is 18.4. The van der Waals surface area contributed by atoms with Crippen LogP contribution >= 0.6 is 11.3 Å². The maximum atomic E-state index is 4.68. The lowest BCUT2D eigenvalue weighted by molar-refractivity contribution is 0.752. The van der Waals surface area contributed by atoms with Crippen molar-refractivity contribution in [2.75, 3.05) is 9.80 Å². The van der Waals surface area contributed by atoms with Crippen molar-refractivity contribution in [2.45, 2.75) is 5.41 Å². The number of rotatable bonds is 4. The minimum atomic E-state index is -0.541.